The summed E-state index contributed by atoms with van der Waals surface area (Å²) < 4.78 is 0. The Hall–Kier alpha value is -1.87. The van der Waals surface area contributed by atoms with Crippen molar-refractivity contribution in [3.05, 3.63) is 10.4 Å². The fraction of sp³-hybridized carbons (Fsp3) is 0.529. The normalized spacial score (nSPS) is 13.4. The summed E-state index contributed by atoms with van der Waals surface area (Å²) >= 11 is 2.92. The molecule has 0 spiro atoms. The predicted octanol–water partition coefficient (Wildman–Crippen LogP) is 1.89. The van der Waals surface area contributed by atoms with Gasteiger partial charge in [-0.15, -0.1) is 11.3 Å². The molecule has 2 aromatic heterocycles. The Morgan fingerprint density at radius 3 is 2.81 bits per heavy atom. The molecule has 0 radical (unpaired) electrons. The van der Waals surface area contributed by atoms with Crippen molar-refractivity contribution in [2.45, 2.75) is 44.2 Å². The summed E-state index contributed by atoms with van der Waals surface area (Å²) in [6.45, 7) is 2.57. The van der Waals surface area contributed by atoms with Gasteiger partial charge in [0, 0.05) is 11.4 Å². The number of nitrogens with two attached hydrogens (primary N) is 1. The number of nitrogens with one attached hydrogen (secondary N) is 2. The third-order valence-electron chi connectivity index (χ3n) is 4.17. The number of nitrogen functional groups attached to an aromatic ring is 1. The molecule has 0 bridgehead atoms. The van der Waals surface area contributed by atoms with E-state index in [4.69, 9.17) is 5.73 Å². The largest absolute Gasteiger partial charge is 0.383 e. The Morgan fingerprint density at radius 2 is 2.00 bits per heavy atom. The third-order valence-corrected chi connectivity index (χ3v) is 6.21. The Kier molecular flexibility index (Phi) is 6.31. The molecule has 2 aromatic rings. The quantitative estimate of drug-likeness (QED) is 0.489. The van der Waals surface area contributed by atoms with Crippen LogP contribution < -0.4 is 16.4 Å². The molecule has 1 aliphatic carbocycles. The van der Waals surface area contributed by atoms with E-state index in [1.54, 1.807) is 11.3 Å². The molecule has 0 unspecified atom stereocenters. The van der Waals surface area contributed by atoms with Crippen LogP contribution in [0.1, 0.15) is 36.6 Å². The van der Waals surface area contributed by atoms with Crippen LogP contribution in [0.4, 0.5) is 5.82 Å². The van der Waals surface area contributed by atoms with Crippen molar-refractivity contribution in [3.63, 3.8) is 0 Å². The average molecular weight is 394 g/mol. The maximum atomic E-state index is 11.9. The van der Waals surface area contributed by atoms with Gasteiger partial charge in [0.15, 0.2) is 5.16 Å². The number of aromatic nitrogens is 2. The van der Waals surface area contributed by atoms with Gasteiger partial charge in [0.25, 0.3) is 0 Å². The molecule has 4 N–H and O–H groups in total. The minimum absolute atomic E-state index is 0.0148. The van der Waals surface area contributed by atoms with Crippen molar-refractivity contribution in [1.82, 2.24) is 20.6 Å². The van der Waals surface area contributed by atoms with Crippen molar-refractivity contribution in [2.75, 3.05) is 24.6 Å². The molecule has 0 aromatic carbocycles. The number of thiophene rings is 1. The van der Waals surface area contributed by atoms with E-state index in [2.05, 4.69) is 20.6 Å². The molecular formula is C17H23N5O2S2. The lowest BCUT2D eigenvalue weighted by atomic mass is 9.97. The molecule has 0 saturated carbocycles. The van der Waals surface area contributed by atoms with Crippen LogP contribution in [0.15, 0.2) is 5.16 Å². The van der Waals surface area contributed by atoms with Gasteiger partial charge in [0.2, 0.25) is 11.8 Å². The highest BCUT2D eigenvalue weighted by Gasteiger charge is 2.20. The van der Waals surface area contributed by atoms with E-state index >= 15 is 0 Å². The molecule has 26 heavy (non-hydrogen) atoms. The molecule has 7 nitrogen and oxygen atoms in total. The number of aryl methyl sites for hydroxylation is 2. The maximum absolute atomic E-state index is 11.9. The summed E-state index contributed by atoms with van der Waals surface area (Å²) in [7, 11) is 0. The minimum atomic E-state index is -0.227. The molecule has 2 heterocycles. The molecule has 0 saturated heterocycles. The topological polar surface area (TPSA) is 110 Å². The van der Waals surface area contributed by atoms with Crippen LogP contribution in [0, 0.1) is 0 Å². The maximum Gasteiger partial charge on any atom is 0.239 e. The van der Waals surface area contributed by atoms with E-state index in [-0.39, 0.29) is 24.1 Å². The Bertz CT molecular complexity index is 821. The van der Waals surface area contributed by atoms with Gasteiger partial charge in [0.05, 0.1) is 17.7 Å². The molecule has 2 amide bonds. The van der Waals surface area contributed by atoms with Crippen molar-refractivity contribution >= 4 is 50.9 Å². The molecule has 0 atom stereocenters. The first kappa shape index (κ1) is 18.9. The Balaban J connectivity index is 1.59. The second-order valence-electron chi connectivity index (χ2n) is 6.20. The number of anilines is 1. The lowest BCUT2D eigenvalue weighted by Crippen LogP contribution is -2.37. The van der Waals surface area contributed by atoms with E-state index in [0.717, 1.165) is 29.5 Å². The first-order valence-corrected chi connectivity index (χ1v) is 10.6. The fourth-order valence-electron chi connectivity index (χ4n) is 2.92. The van der Waals surface area contributed by atoms with E-state index in [1.807, 2.05) is 6.92 Å². The van der Waals surface area contributed by atoms with Gasteiger partial charge in [-0.2, -0.15) is 0 Å². The van der Waals surface area contributed by atoms with Crippen molar-refractivity contribution in [3.8, 4) is 0 Å². The van der Waals surface area contributed by atoms with Gasteiger partial charge in [-0.3, -0.25) is 9.59 Å². The standard InChI is InChI=1S/C17H23N5O2S2/c1-2-7-19-12(23)8-20-13(24)9-25-17-21-15(18)14-10-5-3-4-6-11(10)26-16(14)22-17/h2-9H2,1H3,(H,19,23)(H,20,24)(H2,18,21,22). The number of carbonyl (C=O) groups excluding carboxylic acids is 2. The lowest BCUT2D eigenvalue weighted by molar-refractivity contribution is -0.124. The smallest absolute Gasteiger partial charge is 0.239 e. The van der Waals surface area contributed by atoms with Gasteiger partial charge >= 0.3 is 0 Å². The number of thioether (sulfide) groups is 1. The highest BCUT2D eigenvalue weighted by Crippen LogP contribution is 2.38. The lowest BCUT2D eigenvalue weighted by Gasteiger charge is -2.10. The van der Waals surface area contributed by atoms with Crippen molar-refractivity contribution in [2.24, 2.45) is 0 Å². The van der Waals surface area contributed by atoms with Crippen LogP contribution in [0.25, 0.3) is 10.2 Å². The number of nitrogens with zero attached hydrogens (tertiary/aromatic N) is 2. The minimum Gasteiger partial charge on any atom is -0.383 e. The van der Waals surface area contributed by atoms with Gasteiger partial charge in [0.1, 0.15) is 10.6 Å². The van der Waals surface area contributed by atoms with Gasteiger partial charge in [-0.1, -0.05) is 18.7 Å². The Labute approximate surface area is 160 Å². The molecule has 9 heteroatoms. The summed E-state index contributed by atoms with van der Waals surface area (Å²) in [5.74, 6) is 0.235. The SMILES string of the molecule is CCCNC(=O)CNC(=O)CSc1nc(N)c2c3c(sc2n1)CCCC3. The zero-order valence-electron chi connectivity index (χ0n) is 14.8. The highest BCUT2D eigenvalue weighted by atomic mass is 32.2. The molecule has 0 aliphatic heterocycles. The predicted molar refractivity (Wildman–Crippen MR) is 106 cm³/mol. The van der Waals surface area contributed by atoms with Crippen molar-refractivity contribution in [1.29, 1.82) is 0 Å². The van der Waals surface area contributed by atoms with E-state index in [9.17, 15) is 9.59 Å². The fourth-order valence-corrected chi connectivity index (χ4v) is 4.92. The average Bonchev–Trinajstić information content (AvgIpc) is 3.01. The molecule has 0 fully saturated rings. The first-order chi connectivity index (χ1) is 12.6. The van der Waals surface area contributed by atoms with E-state index < -0.39 is 0 Å². The van der Waals surface area contributed by atoms with Crippen LogP contribution in [0.3, 0.4) is 0 Å². The number of rotatable bonds is 7. The molecule has 3 rings (SSSR count). The summed E-state index contributed by atoms with van der Waals surface area (Å²) in [5.41, 5.74) is 7.47. The third kappa shape index (κ3) is 4.45. The number of hydrogen-bond donors (Lipinski definition) is 3. The Morgan fingerprint density at radius 1 is 1.19 bits per heavy atom. The van der Waals surface area contributed by atoms with Gasteiger partial charge < -0.3 is 16.4 Å². The van der Waals surface area contributed by atoms with Crippen LogP contribution in [-0.2, 0) is 22.4 Å². The van der Waals surface area contributed by atoms with Crippen LogP contribution in [0.5, 0.6) is 0 Å². The van der Waals surface area contributed by atoms with E-state index in [1.165, 1.54) is 35.0 Å². The second kappa shape index (κ2) is 8.68. The van der Waals surface area contributed by atoms with Gasteiger partial charge in [-0.05, 0) is 37.7 Å². The molecule has 140 valence electrons. The molecular weight excluding hydrogens is 370 g/mol. The summed E-state index contributed by atoms with van der Waals surface area (Å²) in [6, 6.07) is 0. The summed E-state index contributed by atoms with van der Waals surface area (Å²) in [5, 5.41) is 6.80. The van der Waals surface area contributed by atoms with Crippen molar-refractivity contribution < 1.29 is 9.59 Å². The number of carbonyl (C=O) groups is 2. The summed E-state index contributed by atoms with van der Waals surface area (Å²) in [4.78, 5) is 34.6. The van der Waals surface area contributed by atoms with Crippen LogP contribution >= 0.6 is 23.1 Å². The van der Waals surface area contributed by atoms with E-state index in [0.29, 0.717) is 17.5 Å². The zero-order chi connectivity index (χ0) is 18.5. The second-order valence-corrected chi connectivity index (χ2v) is 8.22. The first-order valence-electron chi connectivity index (χ1n) is 8.82. The number of fused-ring (bicyclic) bond motifs is 3. The van der Waals surface area contributed by atoms with Crippen LogP contribution in [0.2, 0.25) is 0 Å². The highest BCUT2D eigenvalue weighted by molar-refractivity contribution is 7.99. The number of amides is 2. The number of hydrogen-bond acceptors (Lipinski definition) is 7. The summed E-state index contributed by atoms with van der Waals surface area (Å²) in [6.07, 6.45) is 5.38. The van der Waals surface area contributed by atoms with Gasteiger partial charge in [-0.25, -0.2) is 9.97 Å². The monoisotopic (exact) mass is 393 g/mol. The molecule has 1 aliphatic rings. The van der Waals surface area contributed by atoms with Crippen LogP contribution in [-0.4, -0.2) is 40.6 Å². The zero-order valence-corrected chi connectivity index (χ0v) is 16.4.